The first-order valence-electron chi connectivity index (χ1n) is 6.88. The maximum atomic E-state index is 11.9. The van der Waals surface area contributed by atoms with E-state index in [1.165, 1.54) is 0 Å². The zero-order valence-corrected chi connectivity index (χ0v) is 11.5. The highest BCUT2D eigenvalue weighted by Gasteiger charge is 2.22. The Bertz CT molecular complexity index is 434. The van der Waals surface area contributed by atoms with Crippen molar-refractivity contribution < 1.29 is 9.53 Å². The Kier molecular flexibility index (Phi) is 4.80. The van der Waals surface area contributed by atoms with Crippen molar-refractivity contribution in [2.75, 3.05) is 19.7 Å². The number of carbonyl (C=O) groups excluding carboxylic acids is 1. The van der Waals surface area contributed by atoms with Crippen molar-refractivity contribution in [1.29, 1.82) is 0 Å². The third-order valence-corrected chi connectivity index (χ3v) is 3.46. The molecule has 104 valence electrons. The molecule has 0 unspecified atom stereocenters. The van der Waals surface area contributed by atoms with E-state index in [2.05, 4.69) is 0 Å². The fraction of sp³-hybridized carbons (Fsp3) is 0.533. The minimum Gasteiger partial charge on any atom is -0.493 e. The Labute approximate surface area is 114 Å². The van der Waals surface area contributed by atoms with Crippen molar-refractivity contribution in [3.05, 3.63) is 29.8 Å². The topological polar surface area (TPSA) is 55.6 Å². The molecular formula is C15H22N2O2. The molecule has 1 heterocycles. The van der Waals surface area contributed by atoms with Crippen molar-refractivity contribution in [3.63, 3.8) is 0 Å². The zero-order chi connectivity index (χ0) is 13.7. The van der Waals surface area contributed by atoms with E-state index < -0.39 is 0 Å². The van der Waals surface area contributed by atoms with E-state index in [1.54, 1.807) is 0 Å². The summed E-state index contributed by atoms with van der Waals surface area (Å²) in [5.41, 5.74) is 6.92. The fourth-order valence-corrected chi connectivity index (χ4v) is 2.30. The van der Waals surface area contributed by atoms with Gasteiger partial charge >= 0.3 is 0 Å². The SMILES string of the molecule is Cc1ccccc1OCCCC(=O)N1CC[C@@H](N)C1. The number of ether oxygens (including phenoxy) is 1. The molecular weight excluding hydrogens is 240 g/mol. The highest BCUT2D eigenvalue weighted by atomic mass is 16.5. The molecule has 0 aliphatic carbocycles. The molecule has 0 spiro atoms. The van der Waals surface area contributed by atoms with E-state index in [9.17, 15) is 4.79 Å². The minimum atomic E-state index is 0.159. The van der Waals surface area contributed by atoms with Gasteiger partial charge in [0.05, 0.1) is 6.61 Å². The largest absolute Gasteiger partial charge is 0.493 e. The average molecular weight is 262 g/mol. The molecule has 1 aromatic carbocycles. The Morgan fingerprint density at radius 1 is 1.47 bits per heavy atom. The average Bonchev–Trinajstić information content (AvgIpc) is 2.83. The third kappa shape index (κ3) is 3.96. The molecule has 1 aromatic rings. The molecule has 1 aliphatic heterocycles. The van der Waals surface area contributed by atoms with Gasteiger partial charge in [-0.1, -0.05) is 18.2 Å². The van der Waals surface area contributed by atoms with Crippen molar-refractivity contribution in [2.24, 2.45) is 5.73 Å². The van der Waals surface area contributed by atoms with Gasteiger partial charge in [0.2, 0.25) is 5.91 Å². The van der Waals surface area contributed by atoms with Crippen LogP contribution in [0.25, 0.3) is 0 Å². The van der Waals surface area contributed by atoms with Gasteiger partial charge in [-0.2, -0.15) is 0 Å². The summed E-state index contributed by atoms with van der Waals surface area (Å²) in [5, 5.41) is 0. The van der Waals surface area contributed by atoms with Gasteiger partial charge in [-0.05, 0) is 31.4 Å². The Morgan fingerprint density at radius 3 is 2.95 bits per heavy atom. The highest BCUT2D eigenvalue weighted by Crippen LogP contribution is 2.16. The maximum Gasteiger partial charge on any atom is 0.222 e. The van der Waals surface area contributed by atoms with Crippen LogP contribution in [0.4, 0.5) is 0 Å². The van der Waals surface area contributed by atoms with Gasteiger partial charge in [-0.3, -0.25) is 4.79 Å². The van der Waals surface area contributed by atoms with Gasteiger partial charge in [0.15, 0.2) is 0 Å². The summed E-state index contributed by atoms with van der Waals surface area (Å²) in [6.45, 7) is 4.11. The molecule has 2 N–H and O–H groups in total. The number of hydrogen-bond donors (Lipinski definition) is 1. The van der Waals surface area contributed by atoms with E-state index in [1.807, 2.05) is 36.1 Å². The number of para-hydroxylation sites is 1. The van der Waals surface area contributed by atoms with E-state index >= 15 is 0 Å². The zero-order valence-electron chi connectivity index (χ0n) is 11.5. The molecule has 0 aromatic heterocycles. The predicted molar refractivity (Wildman–Crippen MR) is 75.1 cm³/mol. The van der Waals surface area contributed by atoms with Crippen LogP contribution < -0.4 is 10.5 Å². The van der Waals surface area contributed by atoms with Crippen LogP contribution >= 0.6 is 0 Å². The smallest absolute Gasteiger partial charge is 0.222 e. The van der Waals surface area contributed by atoms with Crippen molar-refractivity contribution in [1.82, 2.24) is 4.90 Å². The van der Waals surface area contributed by atoms with E-state index in [0.717, 1.165) is 30.7 Å². The Balaban J connectivity index is 1.67. The van der Waals surface area contributed by atoms with Crippen LogP contribution in [-0.4, -0.2) is 36.5 Å². The summed E-state index contributed by atoms with van der Waals surface area (Å²) in [4.78, 5) is 13.7. The lowest BCUT2D eigenvalue weighted by Gasteiger charge is -2.15. The predicted octanol–water partition coefficient (Wildman–Crippen LogP) is 1.71. The van der Waals surface area contributed by atoms with Gasteiger partial charge in [0.25, 0.3) is 0 Å². The number of carbonyl (C=O) groups is 1. The molecule has 4 nitrogen and oxygen atoms in total. The van der Waals surface area contributed by atoms with Gasteiger partial charge < -0.3 is 15.4 Å². The van der Waals surface area contributed by atoms with Crippen LogP contribution in [0.5, 0.6) is 5.75 Å². The Hall–Kier alpha value is -1.55. The van der Waals surface area contributed by atoms with Gasteiger partial charge in [-0.15, -0.1) is 0 Å². The van der Waals surface area contributed by atoms with Crippen LogP contribution in [0.2, 0.25) is 0 Å². The van der Waals surface area contributed by atoms with E-state index in [0.29, 0.717) is 19.6 Å². The normalized spacial score (nSPS) is 18.6. The molecule has 1 aliphatic rings. The Morgan fingerprint density at radius 2 is 2.26 bits per heavy atom. The first kappa shape index (κ1) is 13.9. The summed E-state index contributed by atoms with van der Waals surface area (Å²) in [6.07, 6.45) is 2.21. The van der Waals surface area contributed by atoms with Crippen LogP contribution in [-0.2, 0) is 4.79 Å². The van der Waals surface area contributed by atoms with Gasteiger partial charge in [-0.25, -0.2) is 0 Å². The summed E-state index contributed by atoms with van der Waals surface area (Å²) in [5.74, 6) is 1.10. The standard InChI is InChI=1S/C15H22N2O2/c1-12-5-2-3-6-14(12)19-10-4-7-15(18)17-9-8-13(16)11-17/h2-3,5-6,13H,4,7-11,16H2,1H3/t13-/m1/s1. The number of nitrogens with zero attached hydrogens (tertiary/aromatic N) is 1. The number of likely N-dealkylation sites (tertiary alicyclic amines) is 1. The second-order valence-corrected chi connectivity index (χ2v) is 5.11. The fourth-order valence-electron chi connectivity index (χ4n) is 2.30. The van der Waals surface area contributed by atoms with E-state index in [-0.39, 0.29) is 11.9 Å². The third-order valence-electron chi connectivity index (χ3n) is 3.46. The molecule has 0 saturated carbocycles. The summed E-state index contributed by atoms with van der Waals surface area (Å²) < 4.78 is 5.68. The second-order valence-electron chi connectivity index (χ2n) is 5.11. The molecule has 1 saturated heterocycles. The van der Waals surface area contributed by atoms with Gasteiger partial charge in [0.1, 0.15) is 5.75 Å². The van der Waals surface area contributed by atoms with Crippen LogP contribution in [0, 0.1) is 6.92 Å². The van der Waals surface area contributed by atoms with Crippen LogP contribution in [0.15, 0.2) is 24.3 Å². The monoisotopic (exact) mass is 262 g/mol. The highest BCUT2D eigenvalue weighted by molar-refractivity contribution is 5.76. The number of aryl methyl sites for hydroxylation is 1. The first-order valence-corrected chi connectivity index (χ1v) is 6.88. The molecule has 1 atom stereocenters. The molecule has 1 amide bonds. The number of benzene rings is 1. The number of hydrogen-bond acceptors (Lipinski definition) is 3. The number of nitrogens with two attached hydrogens (primary N) is 1. The number of rotatable bonds is 5. The lowest BCUT2D eigenvalue weighted by Crippen LogP contribution is -2.31. The van der Waals surface area contributed by atoms with Gasteiger partial charge in [0, 0.05) is 25.6 Å². The van der Waals surface area contributed by atoms with Crippen LogP contribution in [0.1, 0.15) is 24.8 Å². The second kappa shape index (κ2) is 6.57. The van der Waals surface area contributed by atoms with Crippen molar-refractivity contribution in [3.8, 4) is 5.75 Å². The molecule has 0 bridgehead atoms. The summed E-state index contributed by atoms with van der Waals surface area (Å²) in [7, 11) is 0. The van der Waals surface area contributed by atoms with E-state index in [4.69, 9.17) is 10.5 Å². The maximum absolute atomic E-state index is 11.9. The first-order chi connectivity index (χ1) is 9.16. The van der Waals surface area contributed by atoms with Crippen molar-refractivity contribution in [2.45, 2.75) is 32.2 Å². The molecule has 4 heteroatoms. The molecule has 1 fully saturated rings. The van der Waals surface area contributed by atoms with Crippen LogP contribution in [0.3, 0.4) is 0 Å². The lowest BCUT2D eigenvalue weighted by molar-refractivity contribution is -0.130. The lowest BCUT2D eigenvalue weighted by atomic mass is 10.2. The quantitative estimate of drug-likeness (QED) is 0.822. The minimum absolute atomic E-state index is 0.159. The molecule has 0 radical (unpaired) electrons. The van der Waals surface area contributed by atoms with Crippen molar-refractivity contribution >= 4 is 5.91 Å². The molecule has 19 heavy (non-hydrogen) atoms. The summed E-state index contributed by atoms with van der Waals surface area (Å²) in [6, 6.07) is 8.08. The molecule has 2 rings (SSSR count). The summed E-state index contributed by atoms with van der Waals surface area (Å²) >= 11 is 0. The number of amides is 1.